The van der Waals surface area contributed by atoms with Crippen LogP contribution in [0, 0.1) is 0 Å². The average Bonchev–Trinajstić information content (AvgIpc) is 2.66. The zero-order valence-corrected chi connectivity index (χ0v) is 15.6. The molecule has 3 heterocycles. The number of esters is 1. The normalized spacial score (nSPS) is 15.4. The third-order valence-electron chi connectivity index (χ3n) is 4.59. The SMILES string of the molecule is CCCOC(=O)c1cn(CC)c2nc(N3CCN(C)CC3)ncc2c1=O. The fraction of sp³-hybridized carbons (Fsp3) is 0.556. The molecular weight excluding hydrogens is 334 g/mol. The van der Waals surface area contributed by atoms with Gasteiger partial charge < -0.3 is 19.1 Å². The molecule has 1 aliphatic rings. The molecule has 1 fully saturated rings. The van der Waals surface area contributed by atoms with Crippen molar-refractivity contribution in [3.8, 4) is 0 Å². The molecule has 0 amide bonds. The highest BCUT2D eigenvalue weighted by molar-refractivity contribution is 5.93. The molecule has 8 heteroatoms. The van der Waals surface area contributed by atoms with Gasteiger partial charge in [-0.2, -0.15) is 4.98 Å². The lowest BCUT2D eigenvalue weighted by atomic mass is 10.2. The van der Waals surface area contributed by atoms with E-state index < -0.39 is 5.97 Å². The van der Waals surface area contributed by atoms with Gasteiger partial charge in [-0.1, -0.05) is 6.92 Å². The van der Waals surface area contributed by atoms with Gasteiger partial charge in [-0.15, -0.1) is 0 Å². The van der Waals surface area contributed by atoms with Crippen LogP contribution in [0.25, 0.3) is 11.0 Å². The number of likely N-dealkylation sites (N-methyl/N-ethyl adjacent to an activating group) is 1. The summed E-state index contributed by atoms with van der Waals surface area (Å²) in [6.45, 7) is 8.33. The Balaban J connectivity index is 2.02. The number of carbonyl (C=O) groups is 1. The molecule has 8 nitrogen and oxygen atoms in total. The highest BCUT2D eigenvalue weighted by Gasteiger charge is 2.20. The molecule has 0 bridgehead atoms. The Kier molecular flexibility index (Phi) is 5.51. The van der Waals surface area contributed by atoms with Gasteiger partial charge in [-0.25, -0.2) is 9.78 Å². The number of rotatable bonds is 5. The number of carbonyl (C=O) groups excluding carboxylic acids is 1. The van der Waals surface area contributed by atoms with Gasteiger partial charge in [0.1, 0.15) is 11.2 Å². The Bertz CT molecular complexity index is 856. The van der Waals surface area contributed by atoms with Gasteiger partial charge in [-0.05, 0) is 20.4 Å². The molecule has 0 aromatic carbocycles. The Morgan fingerprint density at radius 1 is 1.23 bits per heavy atom. The lowest BCUT2D eigenvalue weighted by molar-refractivity contribution is 0.0503. The number of nitrogens with zero attached hydrogens (tertiary/aromatic N) is 5. The van der Waals surface area contributed by atoms with E-state index in [2.05, 4.69) is 26.8 Å². The van der Waals surface area contributed by atoms with E-state index in [4.69, 9.17) is 4.74 Å². The maximum absolute atomic E-state index is 12.7. The molecule has 1 aliphatic heterocycles. The van der Waals surface area contributed by atoms with Crippen molar-refractivity contribution in [2.75, 3.05) is 44.7 Å². The predicted molar refractivity (Wildman–Crippen MR) is 99.8 cm³/mol. The average molecular weight is 359 g/mol. The molecule has 0 N–H and O–H groups in total. The van der Waals surface area contributed by atoms with Crippen molar-refractivity contribution in [3.05, 3.63) is 28.2 Å². The molecule has 26 heavy (non-hydrogen) atoms. The summed E-state index contributed by atoms with van der Waals surface area (Å²) in [5.74, 6) is 0.0256. The molecule has 0 spiro atoms. The minimum atomic E-state index is -0.593. The summed E-state index contributed by atoms with van der Waals surface area (Å²) in [6.07, 6.45) is 3.78. The van der Waals surface area contributed by atoms with Crippen LogP contribution in [0.5, 0.6) is 0 Å². The minimum Gasteiger partial charge on any atom is -0.462 e. The molecule has 140 valence electrons. The number of aryl methyl sites for hydroxylation is 1. The number of piperazine rings is 1. The lowest BCUT2D eigenvalue weighted by Gasteiger charge is -2.32. The van der Waals surface area contributed by atoms with E-state index in [0.717, 1.165) is 26.2 Å². The quantitative estimate of drug-likeness (QED) is 0.740. The van der Waals surface area contributed by atoms with Crippen LogP contribution in [0.2, 0.25) is 0 Å². The number of ether oxygens (including phenoxy) is 1. The van der Waals surface area contributed by atoms with E-state index in [1.165, 1.54) is 6.20 Å². The maximum atomic E-state index is 12.7. The van der Waals surface area contributed by atoms with Gasteiger partial charge in [0.2, 0.25) is 11.4 Å². The number of hydrogen-bond donors (Lipinski definition) is 0. The maximum Gasteiger partial charge on any atom is 0.343 e. The highest BCUT2D eigenvalue weighted by Crippen LogP contribution is 2.16. The standard InChI is InChI=1S/C18H25N5O3/c1-4-10-26-17(25)14-12-22(5-2)16-13(15(14)24)11-19-18(20-16)23-8-6-21(3)7-9-23/h11-12H,4-10H2,1-3H3. The summed E-state index contributed by atoms with van der Waals surface area (Å²) < 4.78 is 6.94. The second-order valence-electron chi connectivity index (χ2n) is 6.49. The van der Waals surface area contributed by atoms with Crippen LogP contribution in [0.4, 0.5) is 5.95 Å². The summed E-state index contributed by atoms with van der Waals surface area (Å²) in [5.41, 5.74) is 0.202. The number of anilines is 1. The molecular formula is C18H25N5O3. The van der Waals surface area contributed by atoms with Crippen LogP contribution >= 0.6 is 0 Å². The lowest BCUT2D eigenvalue weighted by Crippen LogP contribution is -2.45. The molecule has 0 saturated carbocycles. The van der Waals surface area contributed by atoms with Crippen molar-refractivity contribution in [3.63, 3.8) is 0 Å². The topological polar surface area (TPSA) is 80.6 Å². The van der Waals surface area contributed by atoms with Gasteiger partial charge >= 0.3 is 5.97 Å². The van der Waals surface area contributed by atoms with E-state index in [-0.39, 0.29) is 11.0 Å². The fourth-order valence-corrected chi connectivity index (χ4v) is 2.98. The number of hydrogen-bond acceptors (Lipinski definition) is 7. The van der Waals surface area contributed by atoms with Crippen molar-refractivity contribution in [2.24, 2.45) is 0 Å². The smallest absolute Gasteiger partial charge is 0.343 e. The van der Waals surface area contributed by atoms with Crippen LogP contribution < -0.4 is 10.3 Å². The van der Waals surface area contributed by atoms with Crippen molar-refractivity contribution in [1.82, 2.24) is 19.4 Å². The molecule has 2 aromatic heterocycles. The van der Waals surface area contributed by atoms with E-state index in [0.29, 0.717) is 36.6 Å². The van der Waals surface area contributed by atoms with E-state index in [1.807, 2.05) is 13.8 Å². The number of fused-ring (bicyclic) bond motifs is 1. The zero-order valence-electron chi connectivity index (χ0n) is 15.6. The first kappa shape index (κ1) is 18.3. The van der Waals surface area contributed by atoms with Crippen molar-refractivity contribution in [1.29, 1.82) is 0 Å². The van der Waals surface area contributed by atoms with Crippen molar-refractivity contribution < 1.29 is 9.53 Å². The fourth-order valence-electron chi connectivity index (χ4n) is 2.98. The summed E-state index contributed by atoms with van der Waals surface area (Å²) in [5, 5.41) is 0.343. The Morgan fingerprint density at radius 3 is 2.62 bits per heavy atom. The summed E-state index contributed by atoms with van der Waals surface area (Å²) >= 11 is 0. The third-order valence-corrected chi connectivity index (χ3v) is 4.59. The Morgan fingerprint density at radius 2 is 1.96 bits per heavy atom. The van der Waals surface area contributed by atoms with Crippen LogP contribution in [-0.2, 0) is 11.3 Å². The zero-order chi connectivity index (χ0) is 18.7. The van der Waals surface area contributed by atoms with Crippen molar-refractivity contribution in [2.45, 2.75) is 26.8 Å². The van der Waals surface area contributed by atoms with Gasteiger partial charge in [0.15, 0.2) is 0 Å². The molecule has 3 rings (SSSR count). The molecule has 2 aromatic rings. The molecule has 0 unspecified atom stereocenters. The number of aromatic nitrogens is 3. The first-order valence-electron chi connectivity index (χ1n) is 9.06. The van der Waals surface area contributed by atoms with E-state index in [9.17, 15) is 9.59 Å². The second kappa shape index (κ2) is 7.82. The first-order valence-corrected chi connectivity index (χ1v) is 9.06. The Labute approximate surface area is 152 Å². The monoisotopic (exact) mass is 359 g/mol. The van der Waals surface area contributed by atoms with Crippen LogP contribution in [-0.4, -0.2) is 65.2 Å². The predicted octanol–water partition coefficient (Wildman–Crippen LogP) is 1.13. The van der Waals surface area contributed by atoms with Gasteiger partial charge in [0, 0.05) is 45.1 Å². The highest BCUT2D eigenvalue weighted by atomic mass is 16.5. The summed E-state index contributed by atoms with van der Waals surface area (Å²) in [6, 6.07) is 0. The van der Waals surface area contributed by atoms with Crippen LogP contribution in [0.3, 0.4) is 0 Å². The van der Waals surface area contributed by atoms with Gasteiger partial charge in [-0.3, -0.25) is 4.79 Å². The second-order valence-corrected chi connectivity index (χ2v) is 6.49. The molecule has 0 radical (unpaired) electrons. The van der Waals surface area contributed by atoms with Gasteiger partial charge in [0.25, 0.3) is 0 Å². The van der Waals surface area contributed by atoms with Crippen molar-refractivity contribution >= 4 is 23.0 Å². The van der Waals surface area contributed by atoms with E-state index in [1.54, 1.807) is 10.8 Å². The summed E-state index contributed by atoms with van der Waals surface area (Å²) in [4.78, 5) is 38.3. The molecule has 1 saturated heterocycles. The van der Waals surface area contributed by atoms with Crippen LogP contribution in [0.15, 0.2) is 17.2 Å². The molecule has 0 aliphatic carbocycles. The Hall–Kier alpha value is -2.48. The first-order chi connectivity index (χ1) is 12.5. The minimum absolute atomic E-state index is 0.0312. The van der Waals surface area contributed by atoms with Crippen LogP contribution in [0.1, 0.15) is 30.6 Å². The van der Waals surface area contributed by atoms with Gasteiger partial charge in [0.05, 0.1) is 12.0 Å². The largest absolute Gasteiger partial charge is 0.462 e. The summed E-state index contributed by atoms with van der Waals surface area (Å²) in [7, 11) is 2.09. The third kappa shape index (κ3) is 3.55. The molecule has 0 atom stereocenters. The number of pyridine rings is 1. The van der Waals surface area contributed by atoms with E-state index >= 15 is 0 Å².